The van der Waals surface area contributed by atoms with Gasteiger partial charge in [-0.1, -0.05) is 18.2 Å². The molecule has 5 nitrogen and oxygen atoms in total. The van der Waals surface area contributed by atoms with E-state index in [9.17, 15) is 13.2 Å². The third-order valence-electron chi connectivity index (χ3n) is 4.26. The second kappa shape index (κ2) is 5.85. The standard InChI is InChI=1S/C17H20N2O3S/c1-12-10-16(13(2)19(12)15-6-4-3-5-7-15)17(20)18-14-8-9-23(21,22)11-14/h3-7,10,14H,8-9,11H2,1-2H3,(H,18,20)/t14-/m1/s1. The van der Waals surface area contributed by atoms with Crippen molar-refractivity contribution >= 4 is 15.7 Å². The zero-order chi connectivity index (χ0) is 16.6. The van der Waals surface area contributed by atoms with Crippen molar-refractivity contribution in [1.82, 2.24) is 9.88 Å². The Balaban J connectivity index is 1.85. The van der Waals surface area contributed by atoms with Crippen molar-refractivity contribution < 1.29 is 13.2 Å². The zero-order valence-electron chi connectivity index (χ0n) is 13.2. The number of amides is 1. The summed E-state index contributed by atoms with van der Waals surface area (Å²) in [6.07, 6.45) is 0.492. The molecule has 1 aliphatic rings. The number of rotatable bonds is 3. The van der Waals surface area contributed by atoms with Gasteiger partial charge in [0, 0.05) is 23.1 Å². The van der Waals surface area contributed by atoms with Crippen molar-refractivity contribution in [3.05, 3.63) is 53.3 Å². The van der Waals surface area contributed by atoms with Gasteiger partial charge in [-0.05, 0) is 38.5 Å². The summed E-state index contributed by atoms with van der Waals surface area (Å²) in [5, 5.41) is 2.85. The highest BCUT2D eigenvalue weighted by Crippen LogP contribution is 2.21. The molecule has 1 aliphatic heterocycles. The van der Waals surface area contributed by atoms with Crippen LogP contribution in [0.3, 0.4) is 0 Å². The van der Waals surface area contributed by atoms with E-state index in [4.69, 9.17) is 0 Å². The third kappa shape index (κ3) is 3.17. The number of nitrogens with zero attached hydrogens (tertiary/aromatic N) is 1. The molecule has 0 aliphatic carbocycles. The van der Waals surface area contributed by atoms with Gasteiger partial charge >= 0.3 is 0 Å². The van der Waals surface area contributed by atoms with Crippen LogP contribution in [0.2, 0.25) is 0 Å². The maximum atomic E-state index is 12.5. The number of sulfone groups is 1. The van der Waals surface area contributed by atoms with Crippen LogP contribution in [0, 0.1) is 13.8 Å². The molecule has 6 heteroatoms. The van der Waals surface area contributed by atoms with Crippen molar-refractivity contribution in [3.8, 4) is 5.69 Å². The number of aryl methyl sites for hydroxylation is 1. The fourth-order valence-electron chi connectivity index (χ4n) is 3.14. The molecule has 1 aromatic heterocycles. The van der Waals surface area contributed by atoms with Gasteiger partial charge in [-0.25, -0.2) is 8.42 Å². The Morgan fingerprint density at radius 3 is 2.52 bits per heavy atom. The van der Waals surface area contributed by atoms with Gasteiger partial charge < -0.3 is 9.88 Å². The highest BCUT2D eigenvalue weighted by Gasteiger charge is 2.30. The molecule has 1 aromatic carbocycles. The lowest BCUT2D eigenvalue weighted by Crippen LogP contribution is -2.35. The summed E-state index contributed by atoms with van der Waals surface area (Å²) in [4.78, 5) is 12.5. The molecule has 0 radical (unpaired) electrons. The van der Waals surface area contributed by atoms with Gasteiger partial charge in [-0.2, -0.15) is 0 Å². The van der Waals surface area contributed by atoms with Crippen LogP contribution in [-0.2, 0) is 9.84 Å². The first-order valence-corrected chi connectivity index (χ1v) is 9.45. The number of benzene rings is 1. The summed E-state index contributed by atoms with van der Waals surface area (Å²) < 4.78 is 25.1. The van der Waals surface area contributed by atoms with Gasteiger partial charge in [0.15, 0.2) is 9.84 Å². The van der Waals surface area contributed by atoms with Crippen molar-refractivity contribution in [2.45, 2.75) is 26.3 Å². The van der Waals surface area contributed by atoms with Gasteiger partial charge in [0.2, 0.25) is 0 Å². The number of nitrogens with one attached hydrogen (secondary N) is 1. The van der Waals surface area contributed by atoms with E-state index in [-0.39, 0.29) is 23.5 Å². The largest absolute Gasteiger partial charge is 0.348 e. The first kappa shape index (κ1) is 15.8. The Morgan fingerprint density at radius 1 is 1.22 bits per heavy atom. The van der Waals surface area contributed by atoms with E-state index in [2.05, 4.69) is 5.32 Å². The van der Waals surface area contributed by atoms with Gasteiger partial charge in [0.25, 0.3) is 5.91 Å². The lowest BCUT2D eigenvalue weighted by Gasteiger charge is -2.12. The first-order chi connectivity index (χ1) is 10.9. The van der Waals surface area contributed by atoms with Gasteiger partial charge in [0.1, 0.15) is 0 Å². The molecule has 1 N–H and O–H groups in total. The Bertz CT molecular complexity index is 838. The van der Waals surface area contributed by atoms with Crippen LogP contribution in [0.4, 0.5) is 0 Å². The number of hydrogen-bond acceptors (Lipinski definition) is 3. The molecule has 2 heterocycles. The first-order valence-electron chi connectivity index (χ1n) is 7.63. The summed E-state index contributed by atoms with van der Waals surface area (Å²) in [5.41, 5.74) is 3.42. The smallest absolute Gasteiger partial charge is 0.253 e. The minimum atomic E-state index is -3.00. The van der Waals surface area contributed by atoms with E-state index in [0.717, 1.165) is 17.1 Å². The average molecular weight is 332 g/mol. The summed E-state index contributed by atoms with van der Waals surface area (Å²) in [6, 6.07) is 11.4. The van der Waals surface area contributed by atoms with Crippen molar-refractivity contribution in [1.29, 1.82) is 0 Å². The molecule has 1 fully saturated rings. The normalized spacial score (nSPS) is 19.7. The van der Waals surface area contributed by atoms with E-state index >= 15 is 0 Å². The second-order valence-corrected chi connectivity index (χ2v) is 8.26. The summed E-state index contributed by atoms with van der Waals surface area (Å²) in [7, 11) is -3.00. The van der Waals surface area contributed by atoms with Crippen LogP contribution in [0.15, 0.2) is 36.4 Å². The zero-order valence-corrected chi connectivity index (χ0v) is 14.1. The number of carbonyl (C=O) groups excluding carboxylic acids is 1. The maximum absolute atomic E-state index is 12.5. The Hall–Kier alpha value is -2.08. The van der Waals surface area contributed by atoms with Crippen LogP contribution >= 0.6 is 0 Å². The van der Waals surface area contributed by atoms with Crippen LogP contribution in [0.1, 0.15) is 28.2 Å². The predicted molar refractivity (Wildman–Crippen MR) is 89.8 cm³/mol. The maximum Gasteiger partial charge on any atom is 0.253 e. The van der Waals surface area contributed by atoms with Crippen LogP contribution < -0.4 is 5.32 Å². The van der Waals surface area contributed by atoms with E-state index in [1.807, 2.05) is 54.8 Å². The molecule has 0 bridgehead atoms. The minimum absolute atomic E-state index is 0.0379. The quantitative estimate of drug-likeness (QED) is 0.935. The third-order valence-corrected chi connectivity index (χ3v) is 6.03. The van der Waals surface area contributed by atoms with Crippen LogP contribution in [0.5, 0.6) is 0 Å². The number of aromatic nitrogens is 1. The second-order valence-electron chi connectivity index (χ2n) is 6.03. The summed E-state index contributed by atoms with van der Waals surface area (Å²) in [5.74, 6) is -0.0145. The molecule has 3 rings (SSSR count). The number of carbonyl (C=O) groups is 1. The van der Waals surface area contributed by atoms with Gasteiger partial charge in [-0.3, -0.25) is 4.79 Å². The van der Waals surface area contributed by atoms with Crippen LogP contribution in [0.25, 0.3) is 5.69 Å². The molecule has 0 saturated carbocycles. The Labute approximate surface area is 136 Å². The minimum Gasteiger partial charge on any atom is -0.348 e. The number of hydrogen-bond donors (Lipinski definition) is 1. The van der Waals surface area contributed by atoms with E-state index in [1.165, 1.54) is 0 Å². The van der Waals surface area contributed by atoms with E-state index in [1.54, 1.807) is 0 Å². The number of para-hydroxylation sites is 1. The molecule has 23 heavy (non-hydrogen) atoms. The highest BCUT2D eigenvalue weighted by molar-refractivity contribution is 7.91. The molecule has 1 saturated heterocycles. The molecule has 0 unspecified atom stereocenters. The van der Waals surface area contributed by atoms with Crippen molar-refractivity contribution in [2.24, 2.45) is 0 Å². The highest BCUT2D eigenvalue weighted by atomic mass is 32.2. The fourth-order valence-corrected chi connectivity index (χ4v) is 4.81. The summed E-state index contributed by atoms with van der Waals surface area (Å²) in [6.45, 7) is 3.86. The Morgan fingerprint density at radius 2 is 1.91 bits per heavy atom. The lowest BCUT2D eigenvalue weighted by atomic mass is 10.2. The molecule has 122 valence electrons. The van der Waals surface area contributed by atoms with E-state index in [0.29, 0.717) is 12.0 Å². The molecular formula is C17H20N2O3S. The monoisotopic (exact) mass is 332 g/mol. The lowest BCUT2D eigenvalue weighted by molar-refractivity contribution is 0.0940. The molecule has 0 spiro atoms. The van der Waals surface area contributed by atoms with Crippen molar-refractivity contribution in [2.75, 3.05) is 11.5 Å². The SMILES string of the molecule is Cc1cc(C(=O)N[C@@H]2CCS(=O)(=O)C2)c(C)n1-c1ccccc1. The van der Waals surface area contributed by atoms with E-state index < -0.39 is 9.84 Å². The molecule has 1 amide bonds. The molecular weight excluding hydrogens is 312 g/mol. The van der Waals surface area contributed by atoms with Gasteiger partial charge in [0.05, 0.1) is 17.1 Å². The van der Waals surface area contributed by atoms with Gasteiger partial charge in [-0.15, -0.1) is 0 Å². The summed E-state index contributed by atoms with van der Waals surface area (Å²) >= 11 is 0. The van der Waals surface area contributed by atoms with Crippen LogP contribution in [-0.4, -0.2) is 36.4 Å². The Kier molecular flexibility index (Phi) is 4.02. The molecule has 2 aromatic rings. The predicted octanol–water partition coefficient (Wildman–Crippen LogP) is 2.01. The average Bonchev–Trinajstić information content (AvgIpc) is 2.99. The molecule has 1 atom stereocenters. The van der Waals surface area contributed by atoms with Crippen molar-refractivity contribution in [3.63, 3.8) is 0 Å². The fraction of sp³-hybridized carbons (Fsp3) is 0.353. The topological polar surface area (TPSA) is 68.2 Å².